The Morgan fingerprint density at radius 3 is 2.19 bits per heavy atom. The first-order valence-corrected chi connectivity index (χ1v) is 8.75. The molecule has 3 rings (SSSR count). The number of benzene rings is 2. The SMILES string of the molecule is N#Cc1ccc(NC(=O)C(F)(F)C2CCC(c3ccccc3)CC2)cc1. The van der Waals surface area contributed by atoms with E-state index in [9.17, 15) is 13.6 Å². The minimum Gasteiger partial charge on any atom is -0.321 e. The van der Waals surface area contributed by atoms with E-state index in [2.05, 4.69) is 5.32 Å². The number of hydrogen-bond acceptors (Lipinski definition) is 2. The Morgan fingerprint density at radius 1 is 1.00 bits per heavy atom. The molecular formula is C21H20F2N2O. The molecular weight excluding hydrogens is 334 g/mol. The average molecular weight is 354 g/mol. The fourth-order valence-electron chi connectivity index (χ4n) is 3.54. The number of halogens is 2. The largest absolute Gasteiger partial charge is 0.327 e. The van der Waals surface area contributed by atoms with Crippen molar-refractivity contribution >= 4 is 11.6 Å². The fraction of sp³-hybridized carbons (Fsp3) is 0.333. The van der Waals surface area contributed by atoms with Crippen LogP contribution in [0, 0.1) is 17.2 Å². The van der Waals surface area contributed by atoms with E-state index in [1.807, 2.05) is 36.4 Å². The van der Waals surface area contributed by atoms with Crippen molar-refractivity contribution in [3.63, 3.8) is 0 Å². The van der Waals surface area contributed by atoms with E-state index in [1.54, 1.807) is 0 Å². The molecule has 0 spiro atoms. The number of nitriles is 1. The highest BCUT2D eigenvalue weighted by atomic mass is 19.3. The van der Waals surface area contributed by atoms with Gasteiger partial charge in [-0.25, -0.2) is 0 Å². The zero-order valence-electron chi connectivity index (χ0n) is 14.3. The number of carbonyl (C=O) groups excluding carboxylic acids is 1. The van der Waals surface area contributed by atoms with Crippen molar-refractivity contribution in [2.75, 3.05) is 5.32 Å². The van der Waals surface area contributed by atoms with Crippen LogP contribution in [0.4, 0.5) is 14.5 Å². The molecule has 1 saturated carbocycles. The lowest BCUT2D eigenvalue weighted by Crippen LogP contribution is -2.42. The Morgan fingerprint density at radius 2 is 1.62 bits per heavy atom. The molecule has 1 N–H and O–H groups in total. The van der Waals surface area contributed by atoms with Gasteiger partial charge in [-0.05, 0) is 61.4 Å². The quantitative estimate of drug-likeness (QED) is 0.830. The molecule has 0 saturated heterocycles. The highest BCUT2D eigenvalue weighted by molar-refractivity contribution is 5.96. The van der Waals surface area contributed by atoms with Gasteiger partial charge in [0.1, 0.15) is 0 Å². The first-order chi connectivity index (χ1) is 12.5. The lowest BCUT2D eigenvalue weighted by atomic mass is 9.76. The summed E-state index contributed by atoms with van der Waals surface area (Å²) in [6.45, 7) is 0. The highest BCUT2D eigenvalue weighted by Gasteiger charge is 2.48. The summed E-state index contributed by atoms with van der Waals surface area (Å²) in [5.74, 6) is -5.34. The van der Waals surface area contributed by atoms with Gasteiger partial charge in [-0.3, -0.25) is 4.79 Å². The van der Waals surface area contributed by atoms with Crippen LogP contribution in [0.2, 0.25) is 0 Å². The molecule has 2 aromatic rings. The Balaban J connectivity index is 1.61. The zero-order chi connectivity index (χ0) is 18.6. The van der Waals surface area contributed by atoms with Crippen LogP contribution >= 0.6 is 0 Å². The molecule has 2 aromatic carbocycles. The van der Waals surface area contributed by atoms with Gasteiger partial charge in [-0.15, -0.1) is 0 Å². The third-order valence-electron chi connectivity index (χ3n) is 5.09. The number of rotatable bonds is 4. The van der Waals surface area contributed by atoms with Crippen molar-refractivity contribution in [1.82, 2.24) is 0 Å². The molecule has 1 aliphatic carbocycles. The number of nitrogens with one attached hydrogen (secondary N) is 1. The summed E-state index contributed by atoms with van der Waals surface area (Å²) in [7, 11) is 0. The van der Waals surface area contributed by atoms with Crippen molar-refractivity contribution in [3.8, 4) is 6.07 Å². The fourth-order valence-corrected chi connectivity index (χ4v) is 3.54. The van der Waals surface area contributed by atoms with E-state index in [4.69, 9.17) is 5.26 Å². The second-order valence-electron chi connectivity index (χ2n) is 6.73. The van der Waals surface area contributed by atoms with Crippen LogP contribution in [0.5, 0.6) is 0 Å². The monoisotopic (exact) mass is 354 g/mol. The lowest BCUT2D eigenvalue weighted by Gasteiger charge is -2.33. The first kappa shape index (κ1) is 18.1. The maximum atomic E-state index is 14.6. The van der Waals surface area contributed by atoms with Crippen LogP contribution in [0.25, 0.3) is 0 Å². The Kier molecular flexibility index (Phi) is 5.32. The molecule has 0 radical (unpaired) electrons. The molecule has 0 aromatic heterocycles. The van der Waals surface area contributed by atoms with E-state index in [1.165, 1.54) is 29.8 Å². The van der Waals surface area contributed by atoms with E-state index in [0.29, 0.717) is 31.2 Å². The average Bonchev–Trinajstić information content (AvgIpc) is 2.69. The van der Waals surface area contributed by atoms with Gasteiger partial charge < -0.3 is 5.32 Å². The smallest absolute Gasteiger partial charge is 0.321 e. The van der Waals surface area contributed by atoms with Crippen LogP contribution in [-0.2, 0) is 4.79 Å². The minimum absolute atomic E-state index is 0.270. The molecule has 134 valence electrons. The topological polar surface area (TPSA) is 52.9 Å². The molecule has 1 fully saturated rings. The normalized spacial score (nSPS) is 20.2. The van der Waals surface area contributed by atoms with Gasteiger partial charge in [0.2, 0.25) is 0 Å². The lowest BCUT2D eigenvalue weighted by molar-refractivity contribution is -0.150. The Hall–Kier alpha value is -2.74. The number of amides is 1. The van der Waals surface area contributed by atoms with Crippen molar-refractivity contribution < 1.29 is 13.6 Å². The molecule has 0 atom stereocenters. The maximum Gasteiger partial charge on any atom is 0.327 e. The molecule has 0 aliphatic heterocycles. The number of anilines is 1. The van der Waals surface area contributed by atoms with Gasteiger partial charge >= 0.3 is 5.92 Å². The second-order valence-corrected chi connectivity index (χ2v) is 6.73. The summed E-state index contributed by atoms with van der Waals surface area (Å²) in [4.78, 5) is 12.1. The number of carbonyl (C=O) groups is 1. The summed E-state index contributed by atoms with van der Waals surface area (Å²) >= 11 is 0. The van der Waals surface area contributed by atoms with E-state index in [0.717, 1.165) is 0 Å². The predicted molar refractivity (Wildman–Crippen MR) is 95.9 cm³/mol. The maximum absolute atomic E-state index is 14.6. The predicted octanol–water partition coefficient (Wildman–Crippen LogP) is 5.11. The summed E-state index contributed by atoms with van der Waals surface area (Å²) in [5.41, 5.74) is 1.86. The van der Waals surface area contributed by atoms with Gasteiger partial charge in [0.15, 0.2) is 0 Å². The van der Waals surface area contributed by atoms with Crippen LogP contribution < -0.4 is 5.32 Å². The molecule has 0 bridgehead atoms. The van der Waals surface area contributed by atoms with Crippen molar-refractivity contribution in [3.05, 3.63) is 65.7 Å². The Bertz CT molecular complexity index is 789. The molecule has 26 heavy (non-hydrogen) atoms. The van der Waals surface area contributed by atoms with Gasteiger partial charge in [0.25, 0.3) is 5.91 Å². The first-order valence-electron chi connectivity index (χ1n) is 8.75. The highest BCUT2D eigenvalue weighted by Crippen LogP contribution is 2.42. The van der Waals surface area contributed by atoms with Crippen LogP contribution in [0.15, 0.2) is 54.6 Å². The molecule has 0 unspecified atom stereocenters. The third kappa shape index (κ3) is 3.91. The standard InChI is InChI=1S/C21H20F2N2O/c22-21(23,20(26)25-19-12-6-15(14-24)7-13-19)18-10-8-17(9-11-18)16-4-2-1-3-5-16/h1-7,12-13,17-18H,8-11H2,(H,25,26). The van der Waals surface area contributed by atoms with E-state index >= 15 is 0 Å². The van der Waals surface area contributed by atoms with Crippen LogP contribution in [0.1, 0.15) is 42.7 Å². The Labute approximate surface area is 151 Å². The number of hydrogen-bond donors (Lipinski definition) is 1. The molecule has 1 amide bonds. The zero-order valence-corrected chi connectivity index (χ0v) is 14.3. The molecule has 3 nitrogen and oxygen atoms in total. The van der Waals surface area contributed by atoms with Crippen molar-refractivity contribution in [2.45, 2.75) is 37.5 Å². The van der Waals surface area contributed by atoms with Crippen molar-refractivity contribution in [2.24, 2.45) is 5.92 Å². The van der Waals surface area contributed by atoms with Gasteiger partial charge in [0, 0.05) is 11.6 Å². The summed E-state index contributed by atoms with van der Waals surface area (Å²) in [6, 6.07) is 17.7. The van der Waals surface area contributed by atoms with Crippen LogP contribution in [0.3, 0.4) is 0 Å². The summed E-state index contributed by atoms with van der Waals surface area (Å²) in [5, 5.41) is 11.0. The van der Waals surface area contributed by atoms with Gasteiger partial charge in [-0.2, -0.15) is 14.0 Å². The van der Waals surface area contributed by atoms with Crippen LogP contribution in [-0.4, -0.2) is 11.8 Å². The van der Waals surface area contributed by atoms with Gasteiger partial charge in [0.05, 0.1) is 11.6 Å². The van der Waals surface area contributed by atoms with Crippen molar-refractivity contribution in [1.29, 1.82) is 5.26 Å². The third-order valence-corrected chi connectivity index (χ3v) is 5.09. The van der Waals surface area contributed by atoms with E-state index < -0.39 is 17.7 Å². The summed E-state index contributed by atoms with van der Waals surface area (Å²) < 4.78 is 29.2. The molecule has 0 heterocycles. The van der Waals surface area contributed by atoms with E-state index in [-0.39, 0.29) is 11.6 Å². The molecule has 5 heteroatoms. The number of nitrogens with zero attached hydrogens (tertiary/aromatic N) is 1. The van der Waals surface area contributed by atoms with Gasteiger partial charge in [-0.1, -0.05) is 30.3 Å². The minimum atomic E-state index is -3.41. The second kappa shape index (κ2) is 7.65. The molecule has 1 aliphatic rings. The summed E-state index contributed by atoms with van der Waals surface area (Å²) in [6.07, 6.45) is 1.98. The number of alkyl halides is 2.